The van der Waals surface area contributed by atoms with Gasteiger partial charge in [0.05, 0.1) is 0 Å². The lowest BCUT2D eigenvalue weighted by atomic mass is 9.96. The molecule has 1 atom stereocenters. The van der Waals surface area contributed by atoms with Gasteiger partial charge in [-0.25, -0.2) is 13.9 Å². The van der Waals surface area contributed by atoms with Gasteiger partial charge in [-0.1, -0.05) is 17.7 Å². The number of halogens is 2. The Kier molecular flexibility index (Phi) is 5.06. The predicted molar refractivity (Wildman–Crippen MR) is 91.8 cm³/mol. The van der Waals surface area contributed by atoms with E-state index in [0.717, 1.165) is 37.3 Å². The lowest BCUT2D eigenvalue weighted by Gasteiger charge is -2.32. The summed E-state index contributed by atoms with van der Waals surface area (Å²) in [6.45, 7) is 5.06. The van der Waals surface area contributed by atoms with Crippen molar-refractivity contribution in [2.45, 2.75) is 38.8 Å². The summed E-state index contributed by atoms with van der Waals surface area (Å²) in [7, 11) is 1.69. The highest BCUT2D eigenvalue weighted by molar-refractivity contribution is 6.31. The summed E-state index contributed by atoms with van der Waals surface area (Å²) in [4.78, 5) is 14.4. The quantitative estimate of drug-likeness (QED) is 0.849. The molecule has 0 bridgehead atoms. The molecule has 3 rings (SSSR count). The number of nitrogens with zero attached hydrogens (tertiary/aromatic N) is 4. The molecule has 0 spiro atoms. The van der Waals surface area contributed by atoms with E-state index >= 15 is 0 Å². The molecule has 130 valence electrons. The molecule has 1 aromatic carbocycles. The van der Waals surface area contributed by atoms with Crippen LogP contribution in [0.4, 0.5) is 4.39 Å². The Morgan fingerprint density at radius 2 is 2.21 bits per heavy atom. The SMILES string of the molecule is CCn1c([C@@H]2CCCN(Cc3ccc(F)cc3Cl)C2)nn(C)c1=O. The van der Waals surface area contributed by atoms with Crippen molar-refractivity contribution >= 4 is 11.6 Å². The Morgan fingerprint density at radius 3 is 2.92 bits per heavy atom. The average Bonchev–Trinajstić information content (AvgIpc) is 2.85. The molecule has 0 amide bonds. The number of likely N-dealkylation sites (tertiary alicyclic amines) is 1. The molecule has 1 saturated heterocycles. The predicted octanol–water partition coefficient (Wildman–Crippen LogP) is 2.77. The Hall–Kier alpha value is -1.66. The smallest absolute Gasteiger partial charge is 0.298 e. The second kappa shape index (κ2) is 7.07. The van der Waals surface area contributed by atoms with E-state index in [9.17, 15) is 9.18 Å². The zero-order valence-corrected chi connectivity index (χ0v) is 14.8. The number of hydrogen-bond acceptors (Lipinski definition) is 3. The standard InChI is InChI=1S/C17H22ClFN4O/c1-3-23-16(20-21(2)17(23)24)13-5-4-8-22(11-13)10-12-6-7-14(19)9-15(12)18/h6-7,9,13H,3-5,8,10-11H2,1-2H3/t13-/m1/s1. The number of benzene rings is 1. The third-order valence-electron chi connectivity index (χ3n) is 4.63. The van der Waals surface area contributed by atoms with Crippen LogP contribution >= 0.6 is 11.6 Å². The van der Waals surface area contributed by atoms with Crippen LogP contribution in [0, 0.1) is 5.82 Å². The molecule has 0 saturated carbocycles. The van der Waals surface area contributed by atoms with E-state index in [0.29, 0.717) is 18.1 Å². The van der Waals surface area contributed by atoms with Gasteiger partial charge in [0.15, 0.2) is 0 Å². The van der Waals surface area contributed by atoms with Crippen LogP contribution in [0.2, 0.25) is 5.02 Å². The Labute approximate surface area is 145 Å². The molecule has 1 fully saturated rings. The van der Waals surface area contributed by atoms with E-state index in [1.54, 1.807) is 17.7 Å². The fourth-order valence-electron chi connectivity index (χ4n) is 3.42. The van der Waals surface area contributed by atoms with E-state index in [1.807, 2.05) is 6.92 Å². The van der Waals surface area contributed by atoms with Gasteiger partial charge in [0.25, 0.3) is 0 Å². The normalized spacial score (nSPS) is 18.9. The summed E-state index contributed by atoms with van der Waals surface area (Å²) >= 11 is 6.15. The van der Waals surface area contributed by atoms with Crippen LogP contribution in [-0.4, -0.2) is 32.3 Å². The van der Waals surface area contributed by atoms with Gasteiger partial charge in [-0.05, 0) is 44.0 Å². The molecular formula is C17H22ClFN4O. The highest BCUT2D eigenvalue weighted by Gasteiger charge is 2.26. The van der Waals surface area contributed by atoms with E-state index in [-0.39, 0.29) is 17.4 Å². The first-order valence-corrected chi connectivity index (χ1v) is 8.67. The van der Waals surface area contributed by atoms with Crippen molar-refractivity contribution in [3.8, 4) is 0 Å². The van der Waals surface area contributed by atoms with E-state index in [1.165, 1.54) is 16.8 Å². The van der Waals surface area contributed by atoms with Crippen LogP contribution < -0.4 is 5.69 Å². The Morgan fingerprint density at radius 1 is 1.42 bits per heavy atom. The summed E-state index contributed by atoms with van der Waals surface area (Å²) < 4.78 is 16.4. The molecule has 2 heterocycles. The Balaban J connectivity index is 1.77. The molecule has 0 aliphatic carbocycles. The largest absolute Gasteiger partial charge is 0.345 e. The topological polar surface area (TPSA) is 43.1 Å². The first kappa shape index (κ1) is 17.2. The first-order valence-electron chi connectivity index (χ1n) is 8.29. The van der Waals surface area contributed by atoms with Gasteiger partial charge < -0.3 is 0 Å². The van der Waals surface area contributed by atoms with Gasteiger partial charge in [0, 0.05) is 37.6 Å². The molecule has 0 unspecified atom stereocenters. The minimum Gasteiger partial charge on any atom is -0.298 e. The van der Waals surface area contributed by atoms with Gasteiger partial charge in [0.1, 0.15) is 11.6 Å². The van der Waals surface area contributed by atoms with Gasteiger partial charge in [0.2, 0.25) is 0 Å². The zero-order valence-electron chi connectivity index (χ0n) is 14.0. The van der Waals surface area contributed by atoms with Crippen molar-refractivity contribution in [3.05, 3.63) is 50.9 Å². The minimum atomic E-state index is -0.319. The van der Waals surface area contributed by atoms with Crippen LogP contribution in [0.15, 0.2) is 23.0 Å². The van der Waals surface area contributed by atoms with Crippen LogP contribution in [0.25, 0.3) is 0 Å². The molecular weight excluding hydrogens is 331 g/mol. The number of aromatic nitrogens is 3. The van der Waals surface area contributed by atoms with E-state index in [4.69, 9.17) is 11.6 Å². The highest BCUT2D eigenvalue weighted by Crippen LogP contribution is 2.27. The molecule has 24 heavy (non-hydrogen) atoms. The molecule has 1 aliphatic heterocycles. The summed E-state index contributed by atoms with van der Waals surface area (Å²) in [5.41, 5.74) is 0.860. The van der Waals surface area contributed by atoms with Gasteiger partial charge in [-0.15, -0.1) is 0 Å². The molecule has 0 N–H and O–H groups in total. The van der Waals surface area contributed by atoms with Crippen molar-refractivity contribution in [1.82, 2.24) is 19.2 Å². The summed E-state index contributed by atoms with van der Waals surface area (Å²) in [5.74, 6) is 0.771. The number of aryl methyl sites for hydroxylation is 1. The Bertz CT molecular complexity index is 785. The summed E-state index contributed by atoms with van der Waals surface area (Å²) in [5, 5.41) is 4.90. The van der Waals surface area contributed by atoms with Crippen molar-refractivity contribution in [1.29, 1.82) is 0 Å². The third-order valence-corrected chi connectivity index (χ3v) is 4.98. The molecule has 5 nitrogen and oxygen atoms in total. The van der Waals surface area contributed by atoms with Gasteiger partial charge in [-0.2, -0.15) is 5.10 Å². The van der Waals surface area contributed by atoms with Crippen LogP contribution in [-0.2, 0) is 20.1 Å². The van der Waals surface area contributed by atoms with E-state index < -0.39 is 0 Å². The monoisotopic (exact) mass is 352 g/mol. The van der Waals surface area contributed by atoms with Crippen LogP contribution in [0.3, 0.4) is 0 Å². The maximum atomic E-state index is 13.2. The van der Waals surface area contributed by atoms with Crippen molar-refractivity contribution in [2.24, 2.45) is 7.05 Å². The fourth-order valence-corrected chi connectivity index (χ4v) is 3.65. The second-order valence-corrected chi connectivity index (χ2v) is 6.73. The summed E-state index contributed by atoms with van der Waals surface area (Å²) in [6.07, 6.45) is 2.06. The lowest BCUT2D eigenvalue weighted by molar-refractivity contribution is 0.194. The molecule has 0 radical (unpaired) electrons. The van der Waals surface area contributed by atoms with Crippen LogP contribution in [0.1, 0.15) is 37.1 Å². The van der Waals surface area contributed by atoms with E-state index in [2.05, 4.69) is 10.00 Å². The number of hydrogen-bond donors (Lipinski definition) is 0. The number of rotatable bonds is 4. The van der Waals surface area contributed by atoms with Crippen molar-refractivity contribution < 1.29 is 4.39 Å². The molecule has 1 aliphatic rings. The van der Waals surface area contributed by atoms with Gasteiger partial charge >= 0.3 is 5.69 Å². The molecule has 1 aromatic heterocycles. The van der Waals surface area contributed by atoms with Crippen molar-refractivity contribution in [3.63, 3.8) is 0 Å². The van der Waals surface area contributed by atoms with Crippen LogP contribution in [0.5, 0.6) is 0 Å². The first-order chi connectivity index (χ1) is 11.5. The van der Waals surface area contributed by atoms with Crippen molar-refractivity contribution in [2.75, 3.05) is 13.1 Å². The average molecular weight is 353 g/mol. The molecule has 2 aromatic rings. The number of piperidine rings is 1. The minimum absolute atomic E-state index is 0.0637. The third kappa shape index (κ3) is 3.39. The van der Waals surface area contributed by atoms with Gasteiger partial charge in [-0.3, -0.25) is 9.47 Å². The highest BCUT2D eigenvalue weighted by atomic mass is 35.5. The molecule has 7 heteroatoms. The summed E-state index contributed by atoms with van der Waals surface area (Å²) in [6, 6.07) is 4.53. The lowest BCUT2D eigenvalue weighted by Crippen LogP contribution is -2.35. The second-order valence-electron chi connectivity index (χ2n) is 6.32. The maximum absolute atomic E-state index is 13.2. The zero-order chi connectivity index (χ0) is 17.3. The fraction of sp³-hybridized carbons (Fsp3) is 0.529. The maximum Gasteiger partial charge on any atom is 0.345 e.